The molecule has 2 unspecified atom stereocenters. The minimum atomic E-state index is -0.347. The molecule has 118 valence electrons. The summed E-state index contributed by atoms with van der Waals surface area (Å²) < 4.78 is 13.9. The zero-order valence-electron chi connectivity index (χ0n) is 12.1. The first-order chi connectivity index (χ1) is 10.5. The minimum absolute atomic E-state index is 0.0345. The van der Waals surface area contributed by atoms with Crippen LogP contribution in [0.3, 0.4) is 0 Å². The first kappa shape index (κ1) is 15.3. The van der Waals surface area contributed by atoms with Gasteiger partial charge in [-0.25, -0.2) is 4.39 Å². The van der Waals surface area contributed by atoms with E-state index >= 15 is 0 Å². The maximum absolute atomic E-state index is 13.9. The Morgan fingerprint density at radius 1 is 1.27 bits per heavy atom. The summed E-state index contributed by atoms with van der Waals surface area (Å²) in [5.41, 5.74) is 5.75. The molecule has 2 fully saturated rings. The van der Waals surface area contributed by atoms with Gasteiger partial charge < -0.3 is 10.6 Å². The monoisotopic (exact) mass is 324 g/mol. The van der Waals surface area contributed by atoms with Crippen molar-refractivity contribution in [3.8, 4) is 0 Å². The second kappa shape index (κ2) is 5.88. The van der Waals surface area contributed by atoms with E-state index in [1.165, 1.54) is 6.07 Å². The third-order valence-corrected chi connectivity index (χ3v) is 5.02. The molecular weight excluding hydrogens is 307 g/mol. The van der Waals surface area contributed by atoms with Crippen molar-refractivity contribution in [2.45, 2.75) is 25.2 Å². The largest absolute Gasteiger partial charge is 0.369 e. The molecule has 1 aliphatic carbocycles. The number of amides is 2. The number of primary amides is 1. The lowest BCUT2D eigenvalue weighted by molar-refractivity contribution is -0.136. The molecule has 1 saturated heterocycles. The van der Waals surface area contributed by atoms with E-state index < -0.39 is 0 Å². The van der Waals surface area contributed by atoms with Crippen molar-refractivity contribution in [3.05, 3.63) is 34.6 Å². The summed E-state index contributed by atoms with van der Waals surface area (Å²) in [4.78, 5) is 25.4. The molecule has 3 rings (SSSR count). The molecule has 1 aromatic rings. The molecule has 2 amide bonds. The number of carbonyl (C=O) groups is 2. The zero-order valence-corrected chi connectivity index (χ0v) is 12.9. The normalized spacial score (nSPS) is 25.1. The molecule has 1 aromatic carbocycles. The SMILES string of the molecule is NC(=O)C1CCN(C(=O)C2CC2c2c(F)cccc2Cl)CC1. The molecule has 0 radical (unpaired) electrons. The summed E-state index contributed by atoms with van der Waals surface area (Å²) in [7, 11) is 0. The van der Waals surface area contributed by atoms with Gasteiger partial charge >= 0.3 is 0 Å². The van der Waals surface area contributed by atoms with E-state index in [4.69, 9.17) is 17.3 Å². The van der Waals surface area contributed by atoms with Gasteiger partial charge in [0, 0.05) is 41.4 Å². The number of benzene rings is 1. The smallest absolute Gasteiger partial charge is 0.226 e. The number of piperidine rings is 1. The number of likely N-dealkylation sites (tertiary alicyclic amines) is 1. The average molecular weight is 325 g/mol. The number of carbonyl (C=O) groups excluding carboxylic acids is 2. The number of hydrogen-bond donors (Lipinski definition) is 1. The standard InChI is InChI=1S/C16H18ClFN2O2/c17-12-2-1-3-13(18)14(12)10-8-11(10)16(22)20-6-4-9(5-7-20)15(19)21/h1-3,9-11H,4-8H2,(H2,19,21). The first-order valence-corrected chi connectivity index (χ1v) is 7.89. The third kappa shape index (κ3) is 2.82. The summed E-state index contributed by atoms with van der Waals surface area (Å²) in [5, 5.41) is 0.382. The van der Waals surface area contributed by atoms with Gasteiger partial charge in [-0.05, 0) is 31.4 Å². The van der Waals surface area contributed by atoms with E-state index in [9.17, 15) is 14.0 Å². The molecule has 1 heterocycles. The molecule has 1 saturated carbocycles. The Kier molecular flexibility index (Phi) is 4.08. The molecule has 22 heavy (non-hydrogen) atoms. The highest BCUT2D eigenvalue weighted by atomic mass is 35.5. The summed E-state index contributed by atoms with van der Waals surface area (Å²) in [6, 6.07) is 4.59. The Morgan fingerprint density at radius 3 is 2.55 bits per heavy atom. The second-order valence-corrected chi connectivity index (χ2v) is 6.49. The van der Waals surface area contributed by atoms with Crippen LogP contribution in [0.4, 0.5) is 4.39 Å². The predicted octanol–water partition coefficient (Wildman–Crippen LogP) is 2.31. The van der Waals surface area contributed by atoms with Crippen LogP contribution in [0.5, 0.6) is 0 Å². The Hall–Kier alpha value is -1.62. The third-order valence-electron chi connectivity index (χ3n) is 4.69. The number of nitrogens with two attached hydrogens (primary N) is 1. The van der Waals surface area contributed by atoms with E-state index in [1.807, 2.05) is 0 Å². The number of hydrogen-bond acceptors (Lipinski definition) is 2. The molecule has 6 heteroatoms. The molecule has 0 bridgehead atoms. The van der Waals surface area contributed by atoms with Crippen LogP contribution < -0.4 is 5.73 Å². The van der Waals surface area contributed by atoms with Crippen molar-refractivity contribution in [3.63, 3.8) is 0 Å². The highest BCUT2D eigenvalue weighted by molar-refractivity contribution is 6.31. The van der Waals surface area contributed by atoms with Crippen LogP contribution in [-0.4, -0.2) is 29.8 Å². The fraction of sp³-hybridized carbons (Fsp3) is 0.500. The van der Waals surface area contributed by atoms with E-state index in [-0.39, 0.29) is 35.4 Å². The van der Waals surface area contributed by atoms with E-state index in [0.717, 1.165) is 0 Å². The van der Waals surface area contributed by atoms with E-state index in [0.29, 0.717) is 42.9 Å². The quantitative estimate of drug-likeness (QED) is 0.927. The van der Waals surface area contributed by atoms with Crippen molar-refractivity contribution in [1.82, 2.24) is 4.90 Å². The lowest BCUT2D eigenvalue weighted by Gasteiger charge is -2.30. The molecule has 1 aliphatic heterocycles. The van der Waals surface area contributed by atoms with Gasteiger partial charge in [0.25, 0.3) is 0 Å². The van der Waals surface area contributed by atoms with Crippen LogP contribution >= 0.6 is 11.6 Å². The molecular formula is C16H18ClFN2O2. The Labute approximate surface area is 133 Å². The van der Waals surface area contributed by atoms with Crippen molar-refractivity contribution < 1.29 is 14.0 Å². The van der Waals surface area contributed by atoms with E-state index in [1.54, 1.807) is 17.0 Å². The van der Waals surface area contributed by atoms with Gasteiger partial charge in [0.05, 0.1) is 0 Å². The van der Waals surface area contributed by atoms with Gasteiger partial charge in [-0.2, -0.15) is 0 Å². The first-order valence-electron chi connectivity index (χ1n) is 7.51. The topological polar surface area (TPSA) is 63.4 Å². The van der Waals surface area contributed by atoms with Crippen molar-refractivity contribution in [2.75, 3.05) is 13.1 Å². The molecule has 0 spiro atoms. The molecule has 0 aromatic heterocycles. The van der Waals surface area contributed by atoms with Crippen molar-refractivity contribution in [1.29, 1.82) is 0 Å². The zero-order chi connectivity index (χ0) is 15.9. The fourth-order valence-electron chi connectivity index (χ4n) is 3.27. The van der Waals surface area contributed by atoms with Gasteiger partial charge in [0.1, 0.15) is 5.82 Å². The Morgan fingerprint density at radius 2 is 1.95 bits per heavy atom. The van der Waals surface area contributed by atoms with Crippen molar-refractivity contribution in [2.24, 2.45) is 17.6 Å². The van der Waals surface area contributed by atoms with Crippen LogP contribution in [0.15, 0.2) is 18.2 Å². The lowest BCUT2D eigenvalue weighted by atomic mass is 9.96. The number of rotatable bonds is 3. The minimum Gasteiger partial charge on any atom is -0.369 e. The maximum Gasteiger partial charge on any atom is 0.226 e. The Balaban J connectivity index is 1.63. The molecule has 2 N–H and O–H groups in total. The van der Waals surface area contributed by atoms with Crippen LogP contribution in [0.1, 0.15) is 30.7 Å². The van der Waals surface area contributed by atoms with Crippen LogP contribution in [-0.2, 0) is 9.59 Å². The van der Waals surface area contributed by atoms with Crippen LogP contribution in [0, 0.1) is 17.7 Å². The highest BCUT2D eigenvalue weighted by Crippen LogP contribution is 2.51. The second-order valence-electron chi connectivity index (χ2n) is 6.09. The van der Waals surface area contributed by atoms with E-state index in [2.05, 4.69) is 0 Å². The summed E-state index contributed by atoms with van der Waals surface area (Å²) in [6.07, 6.45) is 1.85. The van der Waals surface area contributed by atoms with Gasteiger partial charge in [-0.15, -0.1) is 0 Å². The summed E-state index contributed by atoms with van der Waals surface area (Å²) in [6.45, 7) is 1.08. The van der Waals surface area contributed by atoms with Gasteiger partial charge in [0.2, 0.25) is 11.8 Å². The predicted molar refractivity (Wildman–Crippen MR) is 80.8 cm³/mol. The number of nitrogens with zero attached hydrogens (tertiary/aromatic N) is 1. The summed E-state index contributed by atoms with van der Waals surface area (Å²) in [5.74, 6) is -1.07. The number of halogens is 2. The summed E-state index contributed by atoms with van der Waals surface area (Å²) >= 11 is 6.06. The van der Waals surface area contributed by atoms with Crippen LogP contribution in [0.25, 0.3) is 0 Å². The average Bonchev–Trinajstić information content (AvgIpc) is 3.26. The molecule has 2 atom stereocenters. The Bertz CT molecular complexity index is 594. The van der Waals surface area contributed by atoms with Gasteiger partial charge in [0.15, 0.2) is 0 Å². The highest BCUT2D eigenvalue weighted by Gasteiger charge is 2.48. The maximum atomic E-state index is 13.9. The van der Waals surface area contributed by atoms with Crippen LogP contribution in [0.2, 0.25) is 5.02 Å². The lowest BCUT2D eigenvalue weighted by Crippen LogP contribution is -2.42. The molecule has 4 nitrogen and oxygen atoms in total. The van der Waals surface area contributed by atoms with Gasteiger partial charge in [-0.1, -0.05) is 17.7 Å². The molecule has 2 aliphatic rings. The fourth-order valence-corrected chi connectivity index (χ4v) is 3.57. The van der Waals surface area contributed by atoms with Crippen molar-refractivity contribution >= 4 is 23.4 Å². The van der Waals surface area contributed by atoms with Gasteiger partial charge in [-0.3, -0.25) is 9.59 Å².